The van der Waals surface area contributed by atoms with Gasteiger partial charge in [0.1, 0.15) is 36.1 Å². The number of benzene rings is 1. The van der Waals surface area contributed by atoms with Gasteiger partial charge in [-0.25, -0.2) is 15.0 Å². The minimum Gasteiger partial charge on any atom is -0.508 e. The molecule has 2 aromatic heterocycles. The number of fused-ring (bicyclic) bond motifs is 1. The first-order valence-corrected chi connectivity index (χ1v) is 8.54. The average Bonchev–Trinajstić information content (AvgIpc) is 3.23. The number of anilines is 1. The molecule has 11 heteroatoms. The number of phenolic OH excluding ortho intramolecular Hbond substituents is 2. The molecule has 1 aromatic carbocycles. The van der Waals surface area contributed by atoms with Gasteiger partial charge in [-0.15, -0.1) is 0 Å². The third kappa shape index (κ3) is 3.10. The minimum atomic E-state index is -1.25. The molecule has 0 bridgehead atoms. The Morgan fingerprint density at radius 2 is 1.93 bits per heavy atom. The Hall–Kier alpha value is -2.99. The zero-order valence-electron chi connectivity index (χ0n) is 14.5. The lowest BCUT2D eigenvalue weighted by Crippen LogP contribution is -2.33. The van der Waals surface area contributed by atoms with Gasteiger partial charge in [0.2, 0.25) is 0 Å². The van der Waals surface area contributed by atoms with E-state index in [9.17, 15) is 25.5 Å². The fourth-order valence-electron chi connectivity index (χ4n) is 3.16. The number of aromatic hydroxyl groups is 2. The molecule has 0 amide bonds. The molecule has 0 aliphatic carbocycles. The minimum absolute atomic E-state index is 0.0390. The third-order valence-electron chi connectivity index (χ3n) is 4.67. The van der Waals surface area contributed by atoms with Gasteiger partial charge in [-0.3, -0.25) is 4.57 Å². The summed E-state index contributed by atoms with van der Waals surface area (Å²) in [5.74, 6) is 0.292. The standard InChI is InChI=1S/C17H19N5O6/c23-5-11-13(26)14(27)17(28-11)22-7-21-12-15(19-6-20-16(12)22)18-4-8-1-2-9(24)3-10(8)25/h1-3,6-7,11,13-14,17,23-27H,4-5H2,(H,18,19,20)/t11-,13-,14+,17?/m1/s1. The van der Waals surface area contributed by atoms with Gasteiger partial charge in [0.15, 0.2) is 23.2 Å². The van der Waals surface area contributed by atoms with E-state index in [0.29, 0.717) is 22.5 Å². The van der Waals surface area contributed by atoms with Crippen molar-refractivity contribution in [2.75, 3.05) is 11.9 Å². The summed E-state index contributed by atoms with van der Waals surface area (Å²) >= 11 is 0. The highest BCUT2D eigenvalue weighted by Gasteiger charge is 2.44. The van der Waals surface area contributed by atoms with Gasteiger partial charge < -0.3 is 35.6 Å². The molecule has 148 valence electrons. The Bertz CT molecular complexity index is 995. The summed E-state index contributed by atoms with van der Waals surface area (Å²) < 4.78 is 6.98. The predicted octanol–water partition coefficient (Wildman–Crippen LogP) is -0.539. The maximum absolute atomic E-state index is 10.2. The van der Waals surface area contributed by atoms with Gasteiger partial charge in [-0.05, 0) is 12.1 Å². The van der Waals surface area contributed by atoms with E-state index in [1.807, 2.05) is 0 Å². The second kappa shape index (κ2) is 7.20. The van der Waals surface area contributed by atoms with E-state index in [0.717, 1.165) is 0 Å². The topological polar surface area (TPSA) is 166 Å². The summed E-state index contributed by atoms with van der Waals surface area (Å²) in [4.78, 5) is 12.6. The highest BCUT2D eigenvalue weighted by atomic mass is 16.6. The van der Waals surface area contributed by atoms with Crippen molar-refractivity contribution < 1.29 is 30.3 Å². The lowest BCUT2D eigenvalue weighted by molar-refractivity contribution is -0.0511. The first-order valence-electron chi connectivity index (χ1n) is 8.54. The van der Waals surface area contributed by atoms with Crippen LogP contribution in [0.4, 0.5) is 5.82 Å². The molecule has 3 aromatic rings. The zero-order chi connectivity index (χ0) is 19.8. The van der Waals surface area contributed by atoms with Crippen molar-refractivity contribution >= 4 is 17.0 Å². The van der Waals surface area contributed by atoms with Crippen molar-refractivity contribution in [2.24, 2.45) is 0 Å². The molecule has 3 heterocycles. The number of phenols is 2. The van der Waals surface area contributed by atoms with Crippen LogP contribution in [-0.4, -0.2) is 70.0 Å². The number of aliphatic hydroxyl groups excluding tert-OH is 3. The lowest BCUT2D eigenvalue weighted by atomic mass is 10.1. The molecule has 1 fully saturated rings. The van der Waals surface area contributed by atoms with Crippen molar-refractivity contribution in [1.82, 2.24) is 19.5 Å². The molecule has 28 heavy (non-hydrogen) atoms. The van der Waals surface area contributed by atoms with Crippen LogP contribution in [-0.2, 0) is 11.3 Å². The monoisotopic (exact) mass is 389 g/mol. The molecule has 0 radical (unpaired) electrons. The number of hydrogen-bond donors (Lipinski definition) is 6. The third-order valence-corrected chi connectivity index (χ3v) is 4.67. The number of nitrogens with one attached hydrogen (secondary N) is 1. The van der Waals surface area contributed by atoms with E-state index in [4.69, 9.17) is 4.74 Å². The Morgan fingerprint density at radius 1 is 1.11 bits per heavy atom. The molecule has 1 aliphatic rings. The quantitative estimate of drug-likeness (QED) is 0.334. The number of nitrogens with zero attached hydrogens (tertiary/aromatic N) is 4. The Labute approximate surface area is 158 Å². The van der Waals surface area contributed by atoms with Gasteiger partial charge >= 0.3 is 0 Å². The van der Waals surface area contributed by atoms with Crippen LogP contribution >= 0.6 is 0 Å². The average molecular weight is 389 g/mol. The van der Waals surface area contributed by atoms with E-state index in [-0.39, 0.29) is 18.0 Å². The van der Waals surface area contributed by atoms with Crippen LogP contribution in [0.5, 0.6) is 11.5 Å². The Kier molecular flexibility index (Phi) is 4.73. The highest BCUT2D eigenvalue weighted by molar-refractivity contribution is 5.82. The van der Waals surface area contributed by atoms with Gasteiger partial charge in [0, 0.05) is 18.2 Å². The molecular formula is C17H19N5O6. The van der Waals surface area contributed by atoms with E-state index < -0.39 is 31.1 Å². The van der Waals surface area contributed by atoms with Crippen molar-refractivity contribution in [3.63, 3.8) is 0 Å². The summed E-state index contributed by atoms with van der Waals surface area (Å²) in [6, 6.07) is 4.28. The number of rotatable bonds is 5. The number of hydrogen-bond acceptors (Lipinski definition) is 10. The maximum atomic E-state index is 10.2. The van der Waals surface area contributed by atoms with Crippen molar-refractivity contribution in [2.45, 2.75) is 31.1 Å². The van der Waals surface area contributed by atoms with E-state index in [2.05, 4.69) is 20.3 Å². The van der Waals surface area contributed by atoms with Gasteiger partial charge in [0.25, 0.3) is 0 Å². The fraction of sp³-hybridized carbons (Fsp3) is 0.353. The molecule has 6 N–H and O–H groups in total. The van der Waals surface area contributed by atoms with Gasteiger partial charge in [-0.1, -0.05) is 0 Å². The maximum Gasteiger partial charge on any atom is 0.167 e. The molecule has 1 aliphatic heterocycles. The SMILES string of the molecule is OC[C@H]1OC(n2cnc3c(NCc4ccc(O)cc4O)ncnc32)[C@@H](O)[C@@H]1O. The molecule has 11 nitrogen and oxygen atoms in total. The van der Waals surface area contributed by atoms with Crippen LogP contribution in [0.3, 0.4) is 0 Å². The summed E-state index contributed by atoms with van der Waals surface area (Å²) in [7, 11) is 0. The molecule has 0 saturated carbocycles. The van der Waals surface area contributed by atoms with E-state index in [1.165, 1.54) is 29.4 Å². The largest absolute Gasteiger partial charge is 0.508 e. The van der Waals surface area contributed by atoms with Crippen molar-refractivity contribution in [1.29, 1.82) is 0 Å². The highest BCUT2D eigenvalue weighted by Crippen LogP contribution is 2.32. The second-order valence-corrected chi connectivity index (χ2v) is 6.44. The number of ether oxygens (including phenoxy) is 1. The molecule has 0 spiro atoms. The summed E-state index contributed by atoms with van der Waals surface area (Å²) in [6.45, 7) is -0.210. The van der Waals surface area contributed by atoms with Crippen molar-refractivity contribution in [3.8, 4) is 11.5 Å². The summed E-state index contributed by atoms with van der Waals surface area (Å²) in [5.41, 5.74) is 1.31. The van der Waals surface area contributed by atoms with E-state index >= 15 is 0 Å². The second-order valence-electron chi connectivity index (χ2n) is 6.44. The number of imidazole rings is 1. The van der Waals surface area contributed by atoms with Crippen LogP contribution in [0.25, 0.3) is 11.2 Å². The number of aliphatic hydroxyl groups is 3. The fourth-order valence-corrected chi connectivity index (χ4v) is 3.16. The smallest absolute Gasteiger partial charge is 0.167 e. The first kappa shape index (κ1) is 18.4. The van der Waals surface area contributed by atoms with Crippen LogP contribution in [0, 0.1) is 0 Å². The first-order chi connectivity index (χ1) is 13.5. The Balaban J connectivity index is 1.60. The molecule has 4 atom stereocenters. The molecule has 1 saturated heterocycles. The zero-order valence-corrected chi connectivity index (χ0v) is 14.5. The van der Waals surface area contributed by atoms with E-state index in [1.54, 1.807) is 6.07 Å². The Morgan fingerprint density at radius 3 is 2.64 bits per heavy atom. The van der Waals surface area contributed by atoms with Gasteiger partial charge in [0.05, 0.1) is 12.9 Å². The van der Waals surface area contributed by atoms with Crippen molar-refractivity contribution in [3.05, 3.63) is 36.4 Å². The van der Waals surface area contributed by atoms with Gasteiger partial charge in [-0.2, -0.15) is 0 Å². The molecule has 4 rings (SSSR count). The van der Waals surface area contributed by atoms with Crippen LogP contribution in [0.15, 0.2) is 30.9 Å². The molecule has 1 unspecified atom stereocenters. The van der Waals surface area contributed by atoms with Crippen LogP contribution in [0.1, 0.15) is 11.8 Å². The van der Waals surface area contributed by atoms with Crippen LogP contribution in [0.2, 0.25) is 0 Å². The lowest BCUT2D eigenvalue weighted by Gasteiger charge is -2.16. The predicted molar refractivity (Wildman–Crippen MR) is 95.4 cm³/mol. The normalized spacial score (nSPS) is 24.7. The number of aromatic nitrogens is 4. The van der Waals surface area contributed by atoms with Crippen LogP contribution < -0.4 is 5.32 Å². The summed E-state index contributed by atoms with van der Waals surface area (Å²) in [5, 5.41) is 51.7. The summed E-state index contributed by atoms with van der Waals surface area (Å²) in [6.07, 6.45) is -1.64. The molecular weight excluding hydrogens is 370 g/mol.